The highest BCUT2D eigenvalue weighted by Gasteiger charge is 2.09. The van der Waals surface area contributed by atoms with Crippen molar-refractivity contribution >= 4 is 5.91 Å². The molecule has 1 amide bonds. The number of rotatable bonds is 6. The van der Waals surface area contributed by atoms with Gasteiger partial charge in [0, 0.05) is 13.1 Å². The first-order valence-electron chi connectivity index (χ1n) is 4.25. The molecule has 0 spiro atoms. The Labute approximate surface area is 79.0 Å². The summed E-state index contributed by atoms with van der Waals surface area (Å²) in [4.78, 5) is 12.9. The van der Waals surface area contributed by atoms with Crippen LogP contribution in [0.1, 0.15) is 6.92 Å². The van der Waals surface area contributed by atoms with Crippen molar-refractivity contribution in [2.45, 2.75) is 6.92 Å². The first-order valence-corrected chi connectivity index (χ1v) is 4.25. The van der Waals surface area contributed by atoms with E-state index >= 15 is 0 Å². The summed E-state index contributed by atoms with van der Waals surface area (Å²) in [5, 5.41) is 0. The van der Waals surface area contributed by atoms with Gasteiger partial charge in [-0.05, 0) is 6.92 Å². The molecular weight excluding hydrogens is 168 g/mol. The van der Waals surface area contributed by atoms with E-state index in [-0.39, 0.29) is 12.5 Å². The minimum atomic E-state index is -0.0890. The Morgan fingerprint density at radius 3 is 2.85 bits per heavy atom. The minimum Gasteiger partial charge on any atom is -0.370 e. The van der Waals surface area contributed by atoms with Gasteiger partial charge in [-0.3, -0.25) is 4.79 Å². The Kier molecular flexibility index (Phi) is 6.98. The molecule has 0 atom stereocenters. The zero-order valence-corrected chi connectivity index (χ0v) is 7.95. The number of hydrogen-bond donors (Lipinski definition) is 1. The lowest BCUT2D eigenvalue weighted by Crippen LogP contribution is -2.34. The van der Waals surface area contributed by atoms with Gasteiger partial charge in [-0.2, -0.15) is 0 Å². The number of carbonyl (C=O) groups is 1. The maximum Gasteiger partial charge on any atom is 0.249 e. The summed E-state index contributed by atoms with van der Waals surface area (Å²) in [5.74, 6) is 2.33. The molecule has 0 aliphatic heterocycles. The van der Waals surface area contributed by atoms with Gasteiger partial charge >= 0.3 is 0 Å². The van der Waals surface area contributed by atoms with Crippen LogP contribution in [0.4, 0.5) is 0 Å². The zero-order valence-electron chi connectivity index (χ0n) is 7.95. The molecule has 0 fully saturated rings. The van der Waals surface area contributed by atoms with Crippen LogP contribution >= 0.6 is 0 Å². The molecule has 4 heteroatoms. The molecule has 0 saturated carbocycles. The normalized spacial score (nSPS) is 9.31. The highest BCUT2D eigenvalue weighted by atomic mass is 16.5. The molecule has 0 aromatic heterocycles. The van der Waals surface area contributed by atoms with Gasteiger partial charge in [0.2, 0.25) is 5.91 Å². The Hall–Kier alpha value is -1.05. The SMILES string of the molecule is C#CCN(CC)C(=O)COCCN. The maximum atomic E-state index is 11.3. The summed E-state index contributed by atoms with van der Waals surface area (Å²) in [5.41, 5.74) is 5.20. The maximum absolute atomic E-state index is 11.3. The Balaban J connectivity index is 3.72. The molecule has 13 heavy (non-hydrogen) atoms. The third-order valence-corrected chi connectivity index (χ3v) is 1.50. The summed E-state index contributed by atoms with van der Waals surface area (Å²) in [7, 11) is 0. The summed E-state index contributed by atoms with van der Waals surface area (Å²) < 4.78 is 4.99. The number of terminal acetylenes is 1. The lowest BCUT2D eigenvalue weighted by Gasteiger charge is -2.17. The third kappa shape index (κ3) is 5.23. The van der Waals surface area contributed by atoms with E-state index in [0.29, 0.717) is 26.2 Å². The van der Waals surface area contributed by atoms with E-state index in [2.05, 4.69) is 5.92 Å². The van der Waals surface area contributed by atoms with Gasteiger partial charge in [0.1, 0.15) is 6.61 Å². The molecule has 4 nitrogen and oxygen atoms in total. The van der Waals surface area contributed by atoms with Crippen molar-refractivity contribution in [2.75, 3.05) is 32.8 Å². The summed E-state index contributed by atoms with van der Waals surface area (Å²) in [6.07, 6.45) is 5.09. The van der Waals surface area contributed by atoms with Gasteiger partial charge in [0.15, 0.2) is 0 Å². The van der Waals surface area contributed by atoms with Crippen LogP contribution in [0.5, 0.6) is 0 Å². The fraction of sp³-hybridized carbons (Fsp3) is 0.667. The van der Waals surface area contributed by atoms with E-state index < -0.39 is 0 Å². The fourth-order valence-corrected chi connectivity index (χ4v) is 0.821. The van der Waals surface area contributed by atoms with Gasteiger partial charge in [-0.15, -0.1) is 6.42 Å². The number of ether oxygens (including phenoxy) is 1. The van der Waals surface area contributed by atoms with Crippen molar-refractivity contribution in [2.24, 2.45) is 5.73 Å². The van der Waals surface area contributed by atoms with Crippen LogP contribution in [0.15, 0.2) is 0 Å². The molecule has 0 unspecified atom stereocenters. The fourth-order valence-electron chi connectivity index (χ4n) is 0.821. The molecule has 0 aliphatic rings. The molecule has 0 aromatic rings. The largest absolute Gasteiger partial charge is 0.370 e. The molecule has 0 rings (SSSR count). The minimum absolute atomic E-state index is 0.0622. The van der Waals surface area contributed by atoms with Crippen LogP contribution in [-0.2, 0) is 9.53 Å². The number of amides is 1. The monoisotopic (exact) mass is 184 g/mol. The molecule has 0 radical (unpaired) electrons. The van der Waals surface area contributed by atoms with Crippen molar-refractivity contribution in [3.63, 3.8) is 0 Å². The first-order chi connectivity index (χ1) is 6.26. The number of likely N-dealkylation sites (N-methyl/N-ethyl adjacent to an activating group) is 1. The van der Waals surface area contributed by atoms with Crippen LogP contribution in [0, 0.1) is 12.3 Å². The number of nitrogens with zero attached hydrogens (tertiary/aromatic N) is 1. The van der Waals surface area contributed by atoms with E-state index in [1.54, 1.807) is 4.90 Å². The Morgan fingerprint density at radius 1 is 1.69 bits per heavy atom. The van der Waals surface area contributed by atoms with Crippen molar-refractivity contribution in [3.8, 4) is 12.3 Å². The van der Waals surface area contributed by atoms with Crippen molar-refractivity contribution in [3.05, 3.63) is 0 Å². The summed E-state index contributed by atoms with van der Waals surface area (Å²) in [6, 6.07) is 0. The lowest BCUT2D eigenvalue weighted by molar-refractivity contribution is -0.135. The molecule has 2 N–H and O–H groups in total. The average molecular weight is 184 g/mol. The lowest BCUT2D eigenvalue weighted by atomic mass is 10.4. The molecule has 0 heterocycles. The van der Waals surface area contributed by atoms with Crippen molar-refractivity contribution in [1.82, 2.24) is 4.90 Å². The smallest absolute Gasteiger partial charge is 0.249 e. The molecule has 0 bridgehead atoms. The molecule has 0 aliphatic carbocycles. The standard InChI is InChI=1S/C9H16N2O2/c1-3-6-11(4-2)9(12)8-13-7-5-10/h1H,4-8,10H2,2H3. The highest BCUT2D eigenvalue weighted by molar-refractivity contribution is 5.77. The molecular formula is C9H16N2O2. The second-order valence-electron chi connectivity index (χ2n) is 2.45. The summed E-state index contributed by atoms with van der Waals surface area (Å²) in [6.45, 7) is 3.70. The first kappa shape index (κ1) is 11.9. The van der Waals surface area contributed by atoms with Gasteiger partial charge in [-0.25, -0.2) is 0 Å². The van der Waals surface area contributed by atoms with Gasteiger partial charge in [-0.1, -0.05) is 5.92 Å². The van der Waals surface area contributed by atoms with Crippen LogP contribution in [0.2, 0.25) is 0 Å². The molecule has 74 valence electrons. The quantitative estimate of drug-likeness (QED) is 0.445. The van der Waals surface area contributed by atoms with Crippen LogP contribution in [-0.4, -0.2) is 43.7 Å². The van der Waals surface area contributed by atoms with Crippen LogP contribution in [0.25, 0.3) is 0 Å². The summed E-state index contributed by atoms with van der Waals surface area (Å²) >= 11 is 0. The third-order valence-electron chi connectivity index (χ3n) is 1.50. The number of carbonyl (C=O) groups excluding carboxylic acids is 1. The number of nitrogens with two attached hydrogens (primary N) is 1. The van der Waals surface area contributed by atoms with E-state index in [0.717, 1.165) is 0 Å². The van der Waals surface area contributed by atoms with Crippen LogP contribution < -0.4 is 5.73 Å². The van der Waals surface area contributed by atoms with Crippen LogP contribution in [0.3, 0.4) is 0 Å². The topological polar surface area (TPSA) is 55.6 Å². The van der Waals surface area contributed by atoms with Gasteiger partial charge in [0.25, 0.3) is 0 Å². The highest BCUT2D eigenvalue weighted by Crippen LogP contribution is 1.89. The Bertz CT molecular complexity index is 187. The zero-order chi connectivity index (χ0) is 10.1. The second-order valence-corrected chi connectivity index (χ2v) is 2.45. The predicted octanol–water partition coefficient (Wildman–Crippen LogP) is -0.557. The predicted molar refractivity (Wildman–Crippen MR) is 51.0 cm³/mol. The van der Waals surface area contributed by atoms with E-state index in [9.17, 15) is 4.79 Å². The molecule has 0 saturated heterocycles. The Morgan fingerprint density at radius 2 is 2.38 bits per heavy atom. The van der Waals surface area contributed by atoms with Crippen molar-refractivity contribution < 1.29 is 9.53 Å². The van der Waals surface area contributed by atoms with E-state index in [4.69, 9.17) is 16.9 Å². The van der Waals surface area contributed by atoms with Gasteiger partial charge < -0.3 is 15.4 Å². The number of hydrogen-bond acceptors (Lipinski definition) is 3. The average Bonchev–Trinajstić information content (AvgIpc) is 2.14. The second kappa shape index (κ2) is 7.59. The molecule has 0 aromatic carbocycles. The van der Waals surface area contributed by atoms with Gasteiger partial charge in [0.05, 0.1) is 13.2 Å². The van der Waals surface area contributed by atoms with E-state index in [1.807, 2.05) is 6.92 Å². The van der Waals surface area contributed by atoms with E-state index in [1.165, 1.54) is 0 Å². The van der Waals surface area contributed by atoms with Crippen molar-refractivity contribution in [1.29, 1.82) is 0 Å².